The van der Waals surface area contributed by atoms with E-state index in [0.717, 1.165) is 16.5 Å². The van der Waals surface area contributed by atoms with Gasteiger partial charge >= 0.3 is 7.12 Å². The molecule has 106 valence electrons. The molecule has 1 aliphatic heterocycles. The van der Waals surface area contributed by atoms with E-state index in [2.05, 4.69) is 50.7 Å². The molecule has 0 amide bonds. The molecule has 3 rings (SSSR count). The Bertz CT molecular complexity index is 638. The molecule has 1 fully saturated rings. The minimum atomic E-state index is -0.329. The van der Waals surface area contributed by atoms with Crippen LogP contribution >= 0.6 is 0 Å². The van der Waals surface area contributed by atoms with Gasteiger partial charge in [-0.1, -0.05) is 19.9 Å². The van der Waals surface area contributed by atoms with Gasteiger partial charge in [0.1, 0.15) is 0 Å². The maximum atomic E-state index is 6.28. The third-order valence-electron chi connectivity index (χ3n) is 4.77. The van der Waals surface area contributed by atoms with E-state index in [4.69, 9.17) is 9.31 Å². The molecule has 4 nitrogen and oxygen atoms in total. The van der Waals surface area contributed by atoms with Crippen molar-refractivity contribution in [2.45, 2.75) is 45.8 Å². The van der Waals surface area contributed by atoms with Crippen LogP contribution in [0.15, 0.2) is 24.5 Å². The smallest absolute Gasteiger partial charge is 0.399 e. The Hall–Kier alpha value is -1.33. The second kappa shape index (κ2) is 4.33. The SMILES string of the molecule is CC(C)C1(C)OB(c2ccc3nc[nH]c3c2)OC1(C)C. The van der Waals surface area contributed by atoms with Gasteiger partial charge in [-0.05, 0) is 44.3 Å². The van der Waals surface area contributed by atoms with Crippen LogP contribution < -0.4 is 5.46 Å². The number of benzene rings is 1. The number of aromatic nitrogens is 2. The van der Waals surface area contributed by atoms with Crippen molar-refractivity contribution in [2.75, 3.05) is 0 Å². The first-order valence-corrected chi connectivity index (χ1v) is 7.12. The summed E-state index contributed by atoms with van der Waals surface area (Å²) in [5, 5.41) is 0. The molecule has 1 N–H and O–H groups in total. The number of fused-ring (bicyclic) bond motifs is 1. The Balaban J connectivity index is 1.96. The van der Waals surface area contributed by atoms with Gasteiger partial charge in [0.05, 0.1) is 28.6 Å². The Kier molecular flexibility index (Phi) is 2.96. The Labute approximate surface area is 120 Å². The van der Waals surface area contributed by atoms with Gasteiger partial charge in [-0.3, -0.25) is 0 Å². The standard InChI is InChI=1S/C15H21BN2O2/c1-10(2)15(5)14(3,4)19-16(20-15)11-6-7-12-13(8-11)18-9-17-12/h6-10H,1-5H3,(H,17,18). The highest BCUT2D eigenvalue weighted by molar-refractivity contribution is 6.62. The molecule has 1 unspecified atom stereocenters. The molecule has 0 saturated carbocycles. The van der Waals surface area contributed by atoms with E-state index in [-0.39, 0.29) is 18.3 Å². The first kappa shape index (κ1) is 13.6. The van der Waals surface area contributed by atoms with Crippen molar-refractivity contribution >= 4 is 23.6 Å². The first-order chi connectivity index (χ1) is 9.33. The van der Waals surface area contributed by atoms with Gasteiger partial charge < -0.3 is 14.3 Å². The molecule has 0 radical (unpaired) electrons. The highest BCUT2D eigenvalue weighted by Crippen LogP contribution is 2.42. The van der Waals surface area contributed by atoms with Crippen molar-refractivity contribution in [1.29, 1.82) is 0 Å². The third kappa shape index (κ3) is 1.88. The van der Waals surface area contributed by atoms with Crippen molar-refractivity contribution in [2.24, 2.45) is 5.92 Å². The molecule has 1 atom stereocenters. The second-order valence-electron chi connectivity index (χ2n) is 6.52. The van der Waals surface area contributed by atoms with Crippen LogP contribution in [0.3, 0.4) is 0 Å². The lowest BCUT2D eigenvalue weighted by atomic mass is 9.78. The average Bonchev–Trinajstić information content (AvgIpc) is 2.92. The summed E-state index contributed by atoms with van der Waals surface area (Å²) < 4.78 is 12.5. The van der Waals surface area contributed by atoms with Crippen LogP contribution in [-0.4, -0.2) is 28.3 Å². The predicted octanol–water partition coefficient (Wildman–Crippen LogP) is 2.50. The molecule has 1 aromatic carbocycles. The van der Waals surface area contributed by atoms with Crippen LogP contribution in [0.1, 0.15) is 34.6 Å². The predicted molar refractivity (Wildman–Crippen MR) is 81.0 cm³/mol. The number of H-pyrrole nitrogens is 1. The molecular weight excluding hydrogens is 251 g/mol. The second-order valence-corrected chi connectivity index (χ2v) is 6.52. The van der Waals surface area contributed by atoms with E-state index in [1.165, 1.54) is 0 Å². The summed E-state index contributed by atoms with van der Waals surface area (Å²) >= 11 is 0. The largest absolute Gasteiger partial charge is 0.494 e. The summed E-state index contributed by atoms with van der Waals surface area (Å²) in [6.45, 7) is 10.7. The summed E-state index contributed by atoms with van der Waals surface area (Å²) in [6.07, 6.45) is 1.70. The summed E-state index contributed by atoms with van der Waals surface area (Å²) in [4.78, 5) is 7.36. The number of aromatic amines is 1. The number of hydrogen-bond donors (Lipinski definition) is 1. The summed E-state index contributed by atoms with van der Waals surface area (Å²) in [7, 11) is -0.329. The summed E-state index contributed by atoms with van der Waals surface area (Å²) in [6, 6.07) is 6.07. The summed E-state index contributed by atoms with van der Waals surface area (Å²) in [5.74, 6) is 0.374. The van der Waals surface area contributed by atoms with Crippen LogP contribution in [0.4, 0.5) is 0 Å². The van der Waals surface area contributed by atoms with Crippen LogP contribution in [0.25, 0.3) is 11.0 Å². The summed E-state index contributed by atoms with van der Waals surface area (Å²) in [5.41, 5.74) is 2.36. The van der Waals surface area contributed by atoms with E-state index in [1.807, 2.05) is 12.1 Å². The number of imidazole rings is 1. The van der Waals surface area contributed by atoms with E-state index in [0.29, 0.717) is 5.92 Å². The Morgan fingerprint density at radius 2 is 1.95 bits per heavy atom. The number of hydrogen-bond acceptors (Lipinski definition) is 3. The third-order valence-corrected chi connectivity index (χ3v) is 4.77. The Morgan fingerprint density at radius 1 is 1.20 bits per heavy atom. The fourth-order valence-corrected chi connectivity index (χ4v) is 2.84. The van der Waals surface area contributed by atoms with E-state index in [9.17, 15) is 0 Å². The topological polar surface area (TPSA) is 47.1 Å². The molecule has 2 heterocycles. The molecule has 0 bridgehead atoms. The fraction of sp³-hybridized carbons (Fsp3) is 0.533. The van der Waals surface area contributed by atoms with Gasteiger partial charge in [0.25, 0.3) is 0 Å². The average molecular weight is 272 g/mol. The normalized spacial score (nSPS) is 25.8. The van der Waals surface area contributed by atoms with Gasteiger partial charge in [0.15, 0.2) is 0 Å². The van der Waals surface area contributed by atoms with E-state index < -0.39 is 0 Å². The van der Waals surface area contributed by atoms with Crippen molar-refractivity contribution in [3.05, 3.63) is 24.5 Å². The molecule has 1 aliphatic rings. The molecule has 2 aromatic rings. The van der Waals surface area contributed by atoms with Crippen molar-refractivity contribution in [1.82, 2.24) is 9.97 Å². The van der Waals surface area contributed by atoms with Gasteiger partial charge in [0, 0.05) is 0 Å². The molecule has 1 aromatic heterocycles. The zero-order valence-corrected chi connectivity index (χ0v) is 12.7. The zero-order valence-electron chi connectivity index (χ0n) is 12.7. The van der Waals surface area contributed by atoms with Crippen LogP contribution in [0, 0.1) is 5.92 Å². The van der Waals surface area contributed by atoms with E-state index in [1.54, 1.807) is 6.33 Å². The molecular formula is C15H21BN2O2. The molecule has 0 aliphatic carbocycles. The van der Waals surface area contributed by atoms with Crippen molar-refractivity contribution in [3.63, 3.8) is 0 Å². The minimum Gasteiger partial charge on any atom is -0.399 e. The highest BCUT2D eigenvalue weighted by atomic mass is 16.7. The lowest BCUT2D eigenvalue weighted by molar-refractivity contribution is -0.0435. The first-order valence-electron chi connectivity index (χ1n) is 7.12. The highest BCUT2D eigenvalue weighted by Gasteiger charge is 2.56. The Morgan fingerprint density at radius 3 is 2.60 bits per heavy atom. The zero-order chi connectivity index (χ0) is 14.5. The van der Waals surface area contributed by atoms with Crippen molar-refractivity contribution < 1.29 is 9.31 Å². The maximum absolute atomic E-state index is 6.28. The van der Waals surface area contributed by atoms with Gasteiger partial charge in [0.2, 0.25) is 0 Å². The lowest BCUT2D eigenvalue weighted by Gasteiger charge is -2.39. The number of nitrogens with zero attached hydrogens (tertiary/aromatic N) is 1. The molecule has 5 heteroatoms. The minimum absolute atomic E-state index is 0.305. The molecule has 1 saturated heterocycles. The van der Waals surface area contributed by atoms with Gasteiger partial charge in [-0.25, -0.2) is 4.98 Å². The van der Waals surface area contributed by atoms with Gasteiger partial charge in [-0.15, -0.1) is 0 Å². The van der Waals surface area contributed by atoms with Crippen LogP contribution in [-0.2, 0) is 9.31 Å². The fourth-order valence-electron chi connectivity index (χ4n) is 2.84. The molecule has 0 spiro atoms. The number of rotatable bonds is 2. The quantitative estimate of drug-likeness (QED) is 0.854. The monoisotopic (exact) mass is 272 g/mol. The molecule has 20 heavy (non-hydrogen) atoms. The lowest BCUT2D eigenvalue weighted by Crippen LogP contribution is -2.48. The van der Waals surface area contributed by atoms with Gasteiger partial charge in [-0.2, -0.15) is 0 Å². The van der Waals surface area contributed by atoms with Crippen molar-refractivity contribution in [3.8, 4) is 0 Å². The van der Waals surface area contributed by atoms with E-state index >= 15 is 0 Å². The van der Waals surface area contributed by atoms with Crippen LogP contribution in [0.2, 0.25) is 0 Å². The number of nitrogens with one attached hydrogen (secondary N) is 1. The van der Waals surface area contributed by atoms with Crippen LogP contribution in [0.5, 0.6) is 0 Å². The maximum Gasteiger partial charge on any atom is 0.494 e.